The highest BCUT2D eigenvalue weighted by atomic mass is 79.9. The lowest BCUT2D eigenvalue weighted by Crippen LogP contribution is -2.54. The number of hydrogen-bond acceptors (Lipinski definition) is 2. The van der Waals surface area contributed by atoms with Gasteiger partial charge >= 0.3 is 6.09 Å². The predicted molar refractivity (Wildman–Crippen MR) is 145 cm³/mol. The minimum atomic E-state index is -0.227. The molecule has 4 heteroatoms. The molecule has 0 aromatic carbocycles. The van der Waals surface area contributed by atoms with E-state index < -0.39 is 0 Å². The summed E-state index contributed by atoms with van der Waals surface area (Å²) in [4.78, 5) is 12.1. The maximum atomic E-state index is 12.1. The minimum Gasteiger partial charge on any atom is -0.446 e. The molecule has 34 heavy (non-hydrogen) atoms. The van der Waals surface area contributed by atoms with Crippen LogP contribution in [-0.2, 0) is 4.74 Å². The summed E-state index contributed by atoms with van der Waals surface area (Å²) in [7, 11) is 0. The van der Waals surface area contributed by atoms with Crippen molar-refractivity contribution in [3.63, 3.8) is 0 Å². The quantitative estimate of drug-likeness (QED) is 0.314. The van der Waals surface area contributed by atoms with E-state index >= 15 is 0 Å². The molecule has 0 spiro atoms. The zero-order chi connectivity index (χ0) is 24.5. The van der Waals surface area contributed by atoms with Gasteiger partial charge < -0.3 is 10.1 Å². The van der Waals surface area contributed by atoms with Crippen LogP contribution in [-0.4, -0.2) is 24.1 Å². The Morgan fingerprint density at radius 3 is 2.44 bits per heavy atom. The van der Waals surface area contributed by atoms with Gasteiger partial charge in [-0.25, -0.2) is 4.79 Å². The van der Waals surface area contributed by atoms with Crippen molar-refractivity contribution in [3.8, 4) is 0 Å². The minimum absolute atomic E-state index is 0.112. The SMILES string of the molecule is CC(C)CCC[C@@H](C)[C@H]1CC[C@H]2[C@@H]3CCC4CC(OC(=O)NCCBr)CC[C@]4(C)[C@H]3CC[C@]12C. The number of ether oxygens (including phenoxy) is 1. The Balaban J connectivity index is 1.38. The molecule has 0 aromatic heterocycles. The first kappa shape index (κ1) is 26.8. The molecule has 196 valence electrons. The van der Waals surface area contributed by atoms with Crippen LogP contribution in [0.2, 0.25) is 0 Å². The average Bonchev–Trinajstić information content (AvgIpc) is 3.15. The second kappa shape index (κ2) is 11.0. The Labute approximate surface area is 218 Å². The summed E-state index contributed by atoms with van der Waals surface area (Å²) in [6.45, 7) is 13.3. The Morgan fingerprint density at radius 1 is 0.971 bits per heavy atom. The van der Waals surface area contributed by atoms with E-state index in [0.29, 0.717) is 17.4 Å². The predicted octanol–water partition coefficient (Wildman–Crippen LogP) is 8.60. The number of halogens is 1. The molecule has 4 saturated carbocycles. The maximum absolute atomic E-state index is 12.1. The van der Waals surface area contributed by atoms with Crippen LogP contribution in [0.1, 0.15) is 112 Å². The number of alkyl carbamates (subject to hydrolysis) is 1. The number of amides is 1. The van der Waals surface area contributed by atoms with E-state index in [2.05, 4.69) is 55.9 Å². The highest BCUT2D eigenvalue weighted by Crippen LogP contribution is 2.68. The summed E-state index contributed by atoms with van der Waals surface area (Å²) in [5, 5.41) is 3.63. The van der Waals surface area contributed by atoms with Gasteiger partial charge in [-0.1, -0.05) is 69.8 Å². The molecule has 1 amide bonds. The molecule has 4 fully saturated rings. The van der Waals surface area contributed by atoms with Crippen LogP contribution in [0.3, 0.4) is 0 Å². The Bertz CT molecular complexity index is 697. The number of nitrogens with one attached hydrogen (secondary N) is 1. The molecular weight excluding hydrogens is 486 g/mol. The Kier molecular flexibility index (Phi) is 8.68. The van der Waals surface area contributed by atoms with Gasteiger partial charge in [0.1, 0.15) is 6.10 Å². The zero-order valence-electron chi connectivity index (χ0n) is 22.7. The average molecular weight is 539 g/mol. The number of rotatable bonds is 8. The normalized spacial score (nSPS) is 42.4. The Morgan fingerprint density at radius 2 is 1.71 bits per heavy atom. The van der Waals surface area contributed by atoms with Crippen molar-refractivity contribution in [2.45, 2.75) is 118 Å². The van der Waals surface area contributed by atoms with Crippen LogP contribution < -0.4 is 5.32 Å². The Hall–Kier alpha value is -0.250. The van der Waals surface area contributed by atoms with E-state index in [1.165, 1.54) is 64.2 Å². The molecule has 1 N–H and O–H groups in total. The molecule has 4 aliphatic rings. The molecule has 0 heterocycles. The third-order valence-electron chi connectivity index (χ3n) is 11.5. The lowest BCUT2D eigenvalue weighted by atomic mass is 9.44. The smallest absolute Gasteiger partial charge is 0.407 e. The third kappa shape index (κ3) is 5.23. The number of hydrogen-bond donors (Lipinski definition) is 1. The van der Waals surface area contributed by atoms with Crippen molar-refractivity contribution in [1.29, 1.82) is 0 Å². The molecular formula is C30H52BrNO2. The molecule has 0 aromatic rings. The van der Waals surface area contributed by atoms with E-state index in [-0.39, 0.29) is 12.2 Å². The topological polar surface area (TPSA) is 38.3 Å². The van der Waals surface area contributed by atoms with E-state index in [0.717, 1.165) is 59.6 Å². The number of carbonyl (C=O) groups excluding carboxylic acids is 1. The van der Waals surface area contributed by atoms with Gasteiger partial charge in [0.05, 0.1) is 0 Å². The first-order valence-corrected chi connectivity index (χ1v) is 15.8. The van der Waals surface area contributed by atoms with E-state index in [9.17, 15) is 4.79 Å². The van der Waals surface area contributed by atoms with Gasteiger partial charge in [-0.05, 0) is 110 Å². The summed E-state index contributed by atoms with van der Waals surface area (Å²) < 4.78 is 5.83. The van der Waals surface area contributed by atoms with Crippen LogP contribution in [0, 0.1) is 52.3 Å². The summed E-state index contributed by atoms with van der Waals surface area (Å²) >= 11 is 3.37. The molecule has 0 saturated heterocycles. The van der Waals surface area contributed by atoms with Gasteiger partial charge in [0.2, 0.25) is 0 Å². The molecule has 0 bridgehead atoms. The molecule has 0 radical (unpaired) electrons. The molecule has 0 aliphatic heterocycles. The van der Waals surface area contributed by atoms with Gasteiger partial charge in [0.15, 0.2) is 0 Å². The van der Waals surface area contributed by atoms with Crippen LogP contribution >= 0.6 is 15.9 Å². The van der Waals surface area contributed by atoms with E-state index in [1.54, 1.807) is 0 Å². The number of alkyl halides is 1. The fourth-order valence-electron chi connectivity index (χ4n) is 9.69. The molecule has 4 rings (SSSR count). The van der Waals surface area contributed by atoms with Crippen molar-refractivity contribution in [2.24, 2.45) is 52.3 Å². The second-order valence-corrected chi connectivity index (χ2v) is 14.4. The van der Waals surface area contributed by atoms with Crippen molar-refractivity contribution in [3.05, 3.63) is 0 Å². The van der Waals surface area contributed by atoms with Crippen molar-refractivity contribution in [1.82, 2.24) is 5.32 Å². The van der Waals surface area contributed by atoms with Crippen LogP contribution in [0.5, 0.6) is 0 Å². The van der Waals surface area contributed by atoms with Crippen LogP contribution in [0.15, 0.2) is 0 Å². The summed E-state index contributed by atoms with van der Waals surface area (Å²) in [5.74, 6) is 6.18. The highest BCUT2D eigenvalue weighted by Gasteiger charge is 2.60. The fourth-order valence-corrected chi connectivity index (χ4v) is 9.89. The van der Waals surface area contributed by atoms with Gasteiger partial charge in [0, 0.05) is 11.9 Å². The summed E-state index contributed by atoms with van der Waals surface area (Å²) in [6, 6.07) is 0. The lowest BCUT2D eigenvalue weighted by Gasteiger charge is -2.61. The number of carbonyl (C=O) groups is 1. The first-order valence-electron chi connectivity index (χ1n) is 14.7. The van der Waals surface area contributed by atoms with Gasteiger partial charge in [0.25, 0.3) is 0 Å². The molecule has 2 unspecified atom stereocenters. The van der Waals surface area contributed by atoms with Crippen molar-refractivity contribution < 1.29 is 9.53 Å². The molecule has 9 atom stereocenters. The van der Waals surface area contributed by atoms with Gasteiger partial charge in [-0.2, -0.15) is 0 Å². The van der Waals surface area contributed by atoms with Crippen LogP contribution in [0.25, 0.3) is 0 Å². The zero-order valence-corrected chi connectivity index (χ0v) is 24.3. The fraction of sp³-hybridized carbons (Fsp3) is 0.967. The monoisotopic (exact) mass is 537 g/mol. The number of fused-ring (bicyclic) bond motifs is 5. The van der Waals surface area contributed by atoms with E-state index in [1.807, 2.05) is 0 Å². The standard InChI is InChI=1S/C30H52BrNO2/c1-20(2)7-6-8-21(3)25-11-12-26-24-10-9-22-19-23(34-28(33)32-18-17-31)13-15-29(22,4)27(24)14-16-30(25,26)5/h20-27H,6-19H2,1-5H3,(H,32,33)/t21-,22?,23?,24+,25-,26+,27+,29+,30-/m1/s1. The van der Waals surface area contributed by atoms with Crippen molar-refractivity contribution in [2.75, 3.05) is 11.9 Å². The molecule has 4 aliphatic carbocycles. The first-order chi connectivity index (χ1) is 16.2. The second-order valence-electron chi connectivity index (χ2n) is 13.6. The lowest BCUT2D eigenvalue weighted by molar-refractivity contribution is -0.129. The third-order valence-corrected chi connectivity index (χ3v) is 11.9. The van der Waals surface area contributed by atoms with Crippen molar-refractivity contribution >= 4 is 22.0 Å². The summed E-state index contributed by atoms with van der Waals surface area (Å²) in [5.41, 5.74) is 1.03. The summed E-state index contributed by atoms with van der Waals surface area (Å²) in [6.07, 6.45) is 16.1. The molecule has 3 nitrogen and oxygen atoms in total. The maximum Gasteiger partial charge on any atom is 0.407 e. The largest absolute Gasteiger partial charge is 0.446 e. The van der Waals surface area contributed by atoms with E-state index in [4.69, 9.17) is 4.74 Å². The highest BCUT2D eigenvalue weighted by molar-refractivity contribution is 9.09. The van der Waals surface area contributed by atoms with Gasteiger partial charge in [-0.15, -0.1) is 0 Å². The van der Waals surface area contributed by atoms with Gasteiger partial charge in [-0.3, -0.25) is 0 Å². The van der Waals surface area contributed by atoms with Crippen LogP contribution in [0.4, 0.5) is 4.79 Å².